The van der Waals surface area contributed by atoms with Crippen molar-refractivity contribution in [3.8, 4) is 0 Å². The molecular formula is C30H24Cl2N4. The number of nitrogens with zero attached hydrogens (tertiary/aromatic N) is 4. The summed E-state index contributed by atoms with van der Waals surface area (Å²) in [5.74, 6) is 1.02. The van der Waals surface area contributed by atoms with Crippen molar-refractivity contribution in [3.63, 3.8) is 0 Å². The molecule has 0 spiro atoms. The van der Waals surface area contributed by atoms with Crippen molar-refractivity contribution in [2.45, 2.75) is 6.54 Å². The lowest BCUT2D eigenvalue weighted by molar-refractivity contribution is 0.453. The van der Waals surface area contributed by atoms with Crippen molar-refractivity contribution in [3.05, 3.63) is 129 Å². The van der Waals surface area contributed by atoms with Crippen molar-refractivity contribution in [1.29, 1.82) is 0 Å². The van der Waals surface area contributed by atoms with E-state index in [4.69, 9.17) is 28.2 Å². The van der Waals surface area contributed by atoms with E-state index in [1.807, 2.05) is 85.2 Å². The van der Waals surface area contributed by atoms with Gasteiger partial charge in [-0.1, -0.05) is 59.6 Å². The first-order valence-electron chi connectivity index (χ1n) is 11.7. The monoisotopic (exact) mass is 510 g/mol. The average molecular weight is 511 g/mol. The summed E-state index contributed by atoms with van der Waals surface area (Å²) in [7, 11) is 0. The molecule has 0 saturated heterocycles. The molecule has 0 saturated carbocycles. The molecule has 1 aliphatic heterocycles. The van der Waals surface area contributed by atoms with E-state index in [1.54, 1.807) is 0 Å². The highest BCUT2D eigenvalue weighted by atomic mass is 35.5. The minimum atomic E-state index is 0.719. The van der Waals surface area contributed by atoms with E-state index in [1.165, 1.54) is 5.56 Å². The van der Waals surface area contributed by atoms with Gasteiger partial charge >= 0.3 is 0 Å². The minimum Gasteiger partial charge on any atom is -0.350 e. The number of aliphatic imine (C=N–C) groups is 3. The molecule has 1 aliphatic rings. The second kappa shape index (κ2) is 11.3. The molecule has 0 bridgehead atoms. The maximum Gasteiger partial charge on any atom is 0.131 e. The molecule has 0 amide bonds. The predicted octanol–water partition coefficient (Wildman–Crippen LogP) is 7.76. The molecule has 178 valence electrons. The smallest absolute Gasteiger partial charge is 0.131 e. The number of halogens is 2. The van der Waals surface area contributed by atoms with Crippen LogP contribution in [0.15, 0.2) is 112 Å². The Labute approximate surface area is 221 Å². The summed E-state index contributed by atoms with van der Waals surface area (Å²) >= 11 is 11.9. The number of amidine groups is 1. The Kier molecular flexibility index (Phi) is 7.55. The van der Waals surface area contributed by atoms with Gasteiger partial charge in [0.15, 0.2) is 0 Å². The van der Waals surface area contributed by atoms with E-state index >= 15 is 0 Å². The Bertz CT molecular complexity index is 1390. The van der Waals surface area contributed by atoms with Crippen LogP contribution in [0.1, 0.15) is 22.3 Å². The normalized spacial score (nSPS) is 13.6. The van der Waals surface area contributed by atoms with Gasteiger partial charge in [-0.2, -0.15) is 0 Å². The summed E-state index contributed by atoms with van der Waals surface area (Å²) in [5.41, 5.74) is 6.16. The Hall–Kier alpha value is -3.73. The van der Waals surface area contributed by atoms with Crippen molar-refractivity contribution < 1.29 is 0 Å². The van der Waals surface area contributed by atoms with Gasteiger partial charge in [0, 0.05) is 41.1 Å². The largest absolute Gasteiger partial charge is 0.350 e. The highest BCUT2D eigenvalue weighted by Crippen LogP contribution is 2.21. The van der Waals surface area contributed by atoms with Gasteiger partial charge in [0.2, 0.25) is 0 Å². The number of benzene rings is 4. The molecule has 6 heteroatoms. The van der Waals surface area contributed by atoms with Gasteiger partial charge < -0.3 is 4.90 Å². The molecule has 0 aromatic heterocycles. The Morgan fingerprint density at radius 3 is 1.69 bits per heavy atom. The van der Waals surface area contributed by atoms with Crippen molar-refractivity contribution in [2.24, 2.45) is 15.0 Å². The zero-order chi connectivity index (χ0) is 24.7. The van der Waals surface area contributed by atoms with Gasteiger partial charge in [-0.3, -0.25) is 15.0 Å². The second-order valence-corrected chi connectivity index (χ2v) is 9.33. The molecule has 0 N–H and O–H groups in total. The summed E-state index contributed by atoms with van der Waals surface area (Å²) in [6, 6.07) is 31.8. The lowest BCUT2D eigenvalue weighted by atomic mass is 10.1. The maximum absolute atomic E-state index is 5.95. The van der Waals surface area contributed by atoms with Crippen LogP contribution >= 0.6 is 23.2 Å². The van der Waals surface area contributed by atoms with Crippen LogP contribution in [-0.2, 0) is 6.54 Å². The SMILES string of the molecule is Clc1ccc(C=Nc2ccc(CN3CCN=C3c3ccc(N=Cc4ccc(Cl)cc4)cc3)cc2)cc1. The molecular weight excluding hydrogens is 487 g/mol. The predicted molar refractivity (Wildman–Crippen MR) is 152 cm³/mol. The van der Waals surface area contributed by atoms with Crippen LogP contribution < -0.4 is 0 Å². The number of hydrogen-bond donors (Lipinski definition) is 0. The quantitative estimate of drug-likeness (QED) is 0.234. The number of hydrogen-bond acceptors (Lipinski definition) is 4. The van der Waals surface area contributed by atoms with Gasteiger partial charge in [-0.15, -0.1) is 0 Å². The summed E-state index contributed by atoms with van der Waals surface area (Å²) in [5, 5.41) is 1.44. The Morgan fingerprint density at radius 2 is 1.17 bits per heavy atom. The van der Waals surface area contributed by atoms with Gasteiger partial charge in [-0.25, -0.2) is 0 Å². The van der Waals surface area contributed by atoms with Gasteiger partial charge in [0.25, 0.3) is 0 Å². The summed E-state index contributed by atoms with van der Waals surface area (Å²) in [4.78, 5) is 16.2. The topological polar surface area (TPSA) is 40.3 Å². The third kappa shape index (κ3) is 6.28. The fourth-order valence-electron chi connectivity index (χ4n) is 3.91. The first kappa shape index (κ1) is 24.0. The molecule has 5 rings (SSSR count). The lowest BCUT2D eigenvalue weighted by Gasteiger charge is -2.20. The van der Waals surface area contributed by atoms with E-state index in [9.17, 15) is 0 Å². The molecule has 4 aromatic rings. The van der Waals surface area contributed by atoms with Crippen LogP contribution in [0.3, 0.4) is 0 Å². The average Bonchev–Trinajstić information content (AvgIpc) is 3.37. The molecule has 0 unspecified atom stereocenters. The Morgan fingerprint density at radius 1 is 0.667 bits per heavy atom. The van der Waals surface area contributed by atoms with Gasteiger partial charge in [0.05, 0.1) is 17.9 Å². The first-order valence-corrected chi connectivity index (χ1v) is 12.5. The van der Waals surface area contributed by atoms with Crippen molar-refractivity contribution in [1.82, 2.24) is 4.90 Å². The van der Waals surface area contributed by atoms with Crippen molar-refractivity contribution >= 4 is 52.8 Å². The van der Waals surface area contributed by atoms with Crippen LogP contribution in [0.2, 0.25) is 10.0 Å². The zero-order valence-electron chi connectivity index (χ0n) is 19.6. The van der Waals surface area contributed by atoms with Crippen molar-refractivity contribution in [2.75, 3.05) is 13.1 Å². The maximum atomic E-state index is 5.95. The zero-order valence-corrected chi connectivity index (χ0v) is 21.1. The molecule has 4 aromatic carbocycles. The molecule has 1 heterocycles. The minimum absolute atomic E-state index is 0.719. The Balaban J connectivity index is 1.21. The van der Waals surface area contributed by atoms with Crippen LogP contribution in [0, 0.1) is 0 Å². The van der Waals surface area contributed by atoms with E-state index in [2.05, 4.69) is 39.2 Å². The van der Waals surface area contributed by atoms with E-state index < -0.39 is 0 Å². The van der Waals surface area contributed by atoms with E-state index in [0.29, 0.717) is 0 Å². The van der Waals surface area contributed by atoms with E-state index in [0.717, 1.165) is 63.6 Å². The van der Waals surface area contributed by atoms with Gasteiger partial charge in [0.1, 0.15) is 5.84 Å². The molecule has 36 heavy (non-hydrogen) atoms. The van der Waals surface area contributed by atoms with Crippen LogP contribution in [0.4, 0.5) is 11.4 Å². The van der Waals surface area contributed by atoms with Crippen LogP contribution in [0.5, 0.6) is 0 Å². The summed E-state index contributed by atoms with van der Waals surface area (Å²) < 4.78 is 0. The fourth-order valence-corrected chi connectivity index (χ4v) is 4.16. The highest BCUT2D eigenvalue weighted by Gasteiger charge is 2.18. The van der Waals surface area contributed by atoms with Crippen LogP contribution in [0.25, 0.3) is 0 Å². The second-order valence-electron chi connectivity index (χ2n) is 8.46. The third-order valence-corrected chi connectivity index (χ3v) is 6.34. The third-order valence-electron chi connectivity index (χ3n) is 5.83. The number of rotatable bonds is 7. The standard InChI is InChI=1S/C30H24Cl2N4/c31-26-9-1-22(2-10-26)19-34-28-13-5-24(6-14-28)21-36-18-17-33-30(36)25-7-15-29(16-8-25)35-20-23-3-11-27(32)12-4-23/h1-16,19-20H,17-18,21H2. The van der Waals surface area contributed by atoms with Crippen LogP contribution in [-0.4, -0.2) is 36.3 Å². The molecule has 4 nitrogen and oxygen atoms in total. The summed E-state index contributed by atoms with van der Waals surface area (Å²) in [6.45, 7) is 2.51. The highest BCUT2D eigenvalue weighted by molar-refractivity contribution is 6.30. The molecule has 0 atom stereocenters. The molecule has 0 radical (unpaired) electrons. The molecule has 0 aliphatic carbocycles. The fraction of sp³-hybridized carbons (Fsp3) is 0.100. The van der Waals surface area contributed by atoms with E-state index in [-0.39, 0.29) is 0 Å². The molecule has 0 fully saturated rings. The first-order chi connectivity index (χ1) is 17.6. The van der Waals surface area contributed by atoms with Gasteiger partial charge in [-0.05, 0) is 77.4 Å². The summed E-state index contributed by atoms with van der Waals surface area (Å²) in [6.07, 6.45) is 3.69. The lowest BCUT2D eigenvalue weighted by Crippen LogP contribution is -2.27.